The first kappa shape index (κ1) is 21.8. The molecule has 34 heavy (non-hydrogen) atoms. The van der Waals surface area contributed by atoms with Gasteiger partial charge in [-0.15, -0.1) is 5.10 Å². The number of nitrogens with zero attached hydrogens (tertiary/aromatic N) is 5. The summed E-state index contributed by atoms with van der Waals surface area (Å²) >= 11 is 0. The molecule has 174 valence electrons. The second kappa shape index (κ2) is 9.10. The third-order valence-corrected chi connectivity index (χ3v) is 5.73. The van der Waals surface area contributed by atoms with Crippen molar-refractivity contribution in [1.29, 1.82) is 0 Å². The lowest BCUT2D eigenvalue weighted by molar-refractivity contribution is 0.0873. The highest BCUT2D eigenvalue weighted by Gasteiger charge is 2.27. The molecular weight excluding hydrogens is 444 g/mol. The van der Waals surface area contributed by atoms with Gasteiger partial charge in [-0.05, 0) is 49.6 Å². The predicted molar refractivity (Wildman–Crippen MR) is 120 cm³/mol. The monoisotopic (exact) mass is 465 g/mol. The smallest absolute Gasteiger partial charge is 0.280 e. The van der Waals surface area contributed by atoms with Crippen molar-refractivity contribution < 1.29 is 18.7 Å². The molecule has 5 rings (SSSR count). The van der Waals surface area contributed by atoms with Gasteiger partial charge in [-0.2, -0.15) is 0 Å². The normalized spacial score (nSPS) is 17.9. The molecule has 1 saturated carbocycles. The Morgan fingerprint density at radius 3 is 2.82 bits per heavy atom. The van der Waals surface area contributed by atoms with Crippen molar-refractivity contribution in [3.05, 3.63) is 66.2 Å². The van der Waals surface area contributed by atoms with Gasteiger partial charge in [0, 0.05) is 18.6 Å². The van der Waals surface area contributed by atoms with Gasteiger partial charge in [0.05, 0.1) is 23.4 Å². The van der Waals surface area contributed by atoms with Crippen LogP contribution in [0.1, 0.15) is 41.7 Å². The zero-order valence-electron chi connectivity index (χ0n) is 17.9. The first-order chi connectivity index (χ1) is 16.5. The van der Waals surface area contributed by atoms with Crippen LogP contribution in [0.15, 0.2) is 55.0 Å². The van der Waals surface area contributed by atoms with E-state index in [4.69, 9.17) is 0 Å². The lowest BCUT2D eigenvalue weighted by Gasteiger charge is -2.18. The van der Waals surface area contributed by atoms with Crippen LogP contribution in [0.2, 0.25) is 0 Å². The second-order valence-corrected chi connectivity index (χ2v) is 7.99. The van der Waals surface area contributed by atoms with Crippen molar-refractivity contribution in [2.75, 3.05) is 5.32 Å². The van der Waals surface area contributed by atoms with E-state index in [9.17, 15) is 18.7 Å². The lowest BCUT2D eigenvalue weighted by Crippen LogP contribution is -2.40. The highest BCUT2D eigenvalue weighted by atomic mass is 19.3. The van der Waals surface area contributed by atoms with E-state index in [0.717, 1.165) is 6.42 Å². The number of fused-ring (bicyclic) bond motifs is 1. The molecule has 0 saturated heterocycles. The number of anilines is 2. The molecule has 2 atom stereocenters. The maximum absolute atomic E-state index is 13.1. The number of alkyl halides is 2. The number of aliphatic hydroxyl groups excluding tert-OH is 1. The average Bonchev–Trinajstić information content (AvgIpc) is 3.48. The zero-order valence-corrected chi connectivity index (χ0v) is 17.9. The molecule has 4 aromatic heterocycles. The van der Waals surface area contributed by atoms with Crippen molar-refractivity contribution in [3.63, 3.8) is 0 Å². The molecule has 0 bridgehead atoms. The van der Waals surface area contributed by atoms with E-state index in [1.54, 1.807) is 35.0 Å². The van der Waals surface area contributed by atoms with Gasteiger partial charge >= 0.3 is 0 Å². The van der Waals surface area contributed by atoms with Gasteiger partial charge in [-0.3, -0.25) is 9.78 Å². The molecule has 0 aromatic carbocycles. The standard InChI is InChI=1S/C23H21F2N7O2/c24-20(25)16-5-1-6-17(27-16)21-30-22(18-7-3-11-32(18)31-21)28-14-9-10-26-12-13(14)23(34)29-15-4-2-8-19(15)33/h1,3,5-7,9-12,15,19-20,33H,2,4,8H2,(H,29,34)(H,26,28,30,31)/t15-,19-/m0/s1. The van der Waals surface area contributed by atoms with Gasteiger partial charge in [0.1, 0.15) is 16.9 Å². The van der Waals surface area contributed by atoms with Crippen molar-refractivity contribution in [2.24, 2.45) is 0 Å². The van der Waals surface area contributed by atoms with Crippen LogP contribution in [0.5, 0.6) is 0 Å². The SMILES string of the molecule is O=C(N[C@H]1CCC[C@@H]1O)c1cnccc1Nc1nc(-c2cccc(C(F)F)n2)nn2cccc12. The average molecular weight is 465 g/mol. The molecule has 9 nitrogen and oxygen atoms in total. The van der Waals surface area contributed by atoms with E-state index < -0.39 is 12.5 Å². The molecule has 4 heterocycles. The number of carbonyl (C=O) groups is 1. The number of hydrogen-bond donors (Lipinski definition) is 3. The van der Waals surface area contributed by atoms with E-state index in [-0.39, 0.29) is 34.7 Å². The quantitative estimate of drug-likeness (QED) is 0.399. The van der Waals surface area contributed by atoms with Gasteiger partial charge in [0.15, 0.2) is 5.82 Å². The third-order valence-electron chi connectivity index (χ3n) is 5.73. The summed E-state index contributed by atoms with van der Waals surface area (Å²) < 4.78 is 27.8. The molecule has 0 radical (unpaired) electrons. The predicted octanol–water partition coefficient (Wildman–Crippen LogP) is 3.51. The Morgan fingerprint density at radius 2 is 2.03 bits per heavy atom. The summed E-state index contributed by atoms with van der Waals surface area (Å²) in [6, 6.07) is 9.15. The Hall–Kier alpha value is -3.99. The number of rotatable bonds is 6. The van der Waals surface area contributed by atoms with Crippen LogP contribution in [0.4, 0.5) is 20.3 Å². The molecule has 3 N–H and O–H groups in total. The van der Waals surface area contributed by atoms with Crippen LogP contribution in [-0.4, -0.2) is 47.7 Å². The van der Waals surface area contributed by atoms with Gasteiger partial charge in [-0.1, -0.05) is 6.07 Å². The molecule has 1 aliphatic carbocycles. The summed E-state index contributed by atoms with van der Waals surface area (Å²) in [7, 11) is 0. The Labute approximate surface area is 192 Å². The number of hydrogen-bond acceptors (Lipinski definition) is 7. The van der Waals surface area contributed by atoms with E-state index >= 15 is 0 Å². The molecular formula is C23H21F2N7O2. The first-order valence-corrected chi connectivity index (χ1v) is 10.8. The number of aromatic nitrogens is 5. The summed E-state index contributed by atoms with van der Waals surface area (Å²) in [5.41, 5.74) is 1.17. The Morgan fingerprint density at radius 1 is 1.15 bits per heavy atom. The number of aliphatic hydroxyl groups is 1. The topological polar surface area (TPSA) is 117 Å². The number of carbonyl (C=O) groups excluding carboxylic acids is 1. The Balaban J connectivity index is 1.50. The first-order valence-electron chi connectivity index (χ1n) is 10.8. The van der Waals surface area contributed by atoms with Crippen LogP contribution in [-0.2, 0) is 0 Å². The largest absolute Gasteiger partial charge is 0.391 e. The van der Waals surface area contributed by atoms with Crippen molar-refractivity contribution in [2.45, 2.75) is 37.8 Å². The molecule has 11 heteroatoms. The van der Waals surface area contributed by atoms with Crippen LogP contribution in [0.3, 0.4) is 0 Å². The van der Waals surface area contributed by atoms with E-state index in [2.05, 4.69) is 30.7 Å². The minimum Gasteiger partial charge on any atom is -0.391 e. The maximum atomic E-state index is 13.1. The summed E-state index contributed by atoms with van der Waals surface area (Å²) in [6.07, 6.45) is 3.59. The molecule has 1 fully saturated rings. The van der Waals surface area contributed by atoms with Gasteiger partial charge < -0.3 is 15.7 Å². The van der Waals surface area contributed by atoms with Gasteiger partial charge in [0.25, 0.3) is 12.3 Å². The molecule has 0 spiro atoms. The summed E-state index contributed by atoms with van der Waals surface area (Å²) in [6.45, 7) is 0. The molecule has 1 amide bonds. The molecule has 1 aliphatic rings. The molecule has 4 aromatic rings. The Kier molecular flexibility index (Phi) is 5.84. The molecule has 0 aliphatic heterocycles. The zero-order chi connectivity index (χ0) is 23.7. The van der Waals surface area contributed by atoms with Crippen molar-refractivity contribution >= 4 is 22.9 Å². The third kappa shape index (κ3) is 4.29. The van der Waals surface area contributed by atoms with Crippen LogP contribution >= 0.6 is 0 Å². The van der Waals surface area contributed by atoms with Gasteiger partial charge in [-0.25, -0.2) is 23.3 Å². The van der Waals surface area contributed by atoms with Gasteiger partial charge in [0.2, 0.25) is 5.82 Å². The van der Waals surface area contributed by atoms with Crippen LogP contribution in [0.25, 0.3) is 17.0 Å². The van der Waals surface area contributed by atoms with E-state index in [0.29, 0.717) is 29.9 Å². The van der Waals surface area contributed by atoms with E-state index in [1.807, 2.05) is 0 Å². The minimum absolute atomic E-state index is 0.142. The summed E-state index contributed by atoms with van der Waals surface area (Å²) in [5, 5.41) is 20.5. The maximum Gasteiger partial charge on any atom is 0.280 e. The lowest BCUT2D eigenvalue weighted by atomic mass is 10.1. The van der Waals surface area contributed by atoms with E-state index in [1.165, 1.54) is 24.5 Å². The van der Waals surface area contributed by atoms with Crippen molar-refractivity contribution in [3.8, 4) is 11.5 Å². The summed E-state index contributed by atoms with van der Waals surface area (Å²) in [4.78, 5) is 25.5. The minimum atomic E-state index is -2.72. The number of nitrogens with one attached hydrogen (secondary N) is 2. The second-order valence-electron chi connectivity index (χ2n) is 7.99. The fourth-order valence-electron chi connectivity index (χ4n) is 4.00. The highest BCUT2D eigenvalue weighted by molar-refractivity contribution is 6.00. The summed E-state index contributed by atoms with van der Waals surface area (Å²) in [5.74, 6) is 0.136. The van der Waals surface area contributed by atoms with Crippen LogP contribution < -0.4 is 10.6 Å². The fraction of sp³-hybridized carbons (Fsp3) is 0.261. The Bertz CT molecular complexity index is 1340. The van der Waals surface area contributed by atoms with Crippen LogP contribution in [0, 0.1) is 0 Å². The fourth-order valence-corrected chi connectivity index (χ4v) is 4.00. The number of pyridine rings is 2. The molecule has 0 unspecified atom stereocenters. The number of amides is 1. The number of halogens is 2. The van der Waals surface area contributed by atoms with Crippen molar-refractivity contribution in [1.82, 2.24) is 29.9 Å². The highest BCUT2D eigenvalue weighted by Crippen LogP contribution is 2.27.